The zero-order valence-electron chi connectivity index (χ0n) is 12.7. The van der Waals surface area contributed by atoms with Gasteiger partial charge in [0.05, 0.1) is 5.52 Å². The van der Waals surface area contributed by atoms with Crippen molar-refractivity contribution < 1.29 is 0 Å². The van der Waals surface area contributed by atoms with E-state index in [4.69, 9.17) is 4.98 Å². The van der Waals surface area contributed by atoms with Crippen molar-refractivity contribution in [3.8, 4) is 0 Å². The Labute approximate surface area is 125 Å². The lowest BCUT2D eigenvalue weighted by Gasteiger charge is -2.56. The number of imidazole rings is 1. The molecule has 0 aliphatic heterocycles. The minimum atomic E-state index is 0.553. The van der Waals surface area contributed by atoms with Gasteiger partial charge in [-0.2, -0.15) is 0 Å². The molecule has 1 N–H and O–H groups in total. The van der Waals surface area contributed by atoms with Crippen LogP contribution in [0.25, 0.3) is 11.2 Å². The van der Waals surface area contributed by atoms with Gasteiger partial charge >= 0.3 is 0 Å². The number of pyridine rings is 1. The molecule has 4 fully saturated rings. The van der Waals surface area contributed by atoms with Gasteiger partial charge in [-0.15, -0.1) is 0 Å². The molecular formula is C18H23N3. The van der Waals surface area contributed by atoms with E-state index in [1.165, 1.54) is 49.9 Å². The van der Waals surface area contributed by atoms with Gasteiger partial charge in [-0.3, -0.25) is 0 Å². The molecule has 4 aliphatic carbocycles. The molecule has 2 aromatic rings. The topological polar surface area (TPSA) is 41.6 Å². The van der Waals surface area contributed by atoms with Crippen molar-refractivity contribution in [2.75, 3.05) is 0 Å². The summed E-state index contributed by atoms with van der Waals surface area (Å²) >= 11 is 0. The zero-order valence-corrected chi connectivity index (χ0v) is 12.7. The molecule has 3 nitrogen and oxygen atoms in total. The standard InChI is InChI=1S/C18H23N3/c1-11-2-15-17(19-10-11)21-16(20-15)9-18-6-12-3-13(7-18)5-14(4-12)8-18/h2,10,12-14H,3-9H2,1H3,(H,19,20,21). The highest BCUT2D eigenvalue weighted by molar-refractivity contribution is 5.70. The maximum atomic E-state index is 4.76. The lowest BCUT2D eigenvalue weighted by Crippen LogP contribution is -2.47. The van der Waals surface area contributed by atoms with Crippen LogP contribution in [0.15, 0.2) is 12.3 Å². The highest BCUT2D eigenvalue weighted by Crippen LogP contribution is 2.60. The smallest absolute Gasteiger partial charge is 0.177 e. The molecule has 21 heavy (non-hydrogen) atoms. The molecule has 0 aromatic carbocycles. The Balaban J connectivity index is 1.48. The quantitative estimate of drug-likeness (QED) is 0.903. The summed E-state index contributed by atoms with van der Waals surface area (Å²) in [7, 11) is 0. The van der Waals surface area contributed by atoms with E-state index in [0.29, 0.717) is 5.41 Å². The van der Waals surface area contributed by atoms with Gasteiger partial charge in [0.1, 0.15) is 5.82 Å². The third-order valence-electron chi connectivity index (χ3n) is 6.23. The van der Waals surface area contributed by atoms with E-state index in [1.807, 2.05) is 6.20 Å². The monoisotopic (exact) mass is 281 g/mol. The molecule has 6 rings (SSSR count). The fourth-order valence-corrected chi connectivity index (χ4v) is 6.00. The molecule has 4 saturated carbocycles. The summed E-state index contributed by atoms with van der Waals surface area (Å²) in [6.07, 6.45) is 11.9. The second-order valence-corrected chi connectivity index (χ2v) is 8.16. The molecule has 2 heterocycles. The molecule has 4 aliphatic rings. The number of H-pyrrole nitrogens is 1. The highest BCUT2D eigenvalue weighted by atomic mass is 15.0. The van der Waals surface area contributed by atoms with Gasteiger partial charge in [-0.05, 0) is 80.2 Å². The van der Waals surface area contributed by atoms with E-state index in [-0.39, 0.29) is 0 Å². The van der Waals surface area contributed by atoms with E-state index >= 15 is 0 Å². The molecule has 3 heteroatoms. The van der Waals surface area contributed by atoms with E-state index in [2.05, 4.69) is 23.0 Å². The van der Waals surface area contributed by atoms with Crippen molar-refractivity contribution in [1.29, 1.82) is 0 Å². The van der Waals surface area contributed by atoms with Gasteiger partial charge in [0.2, 0.25) is 0 Å². The first-order valence-electron chi connectivity index (χ1n) is 8.49. The number of aromatic amines is 1. The van der Waals surface area contributed by atoms with Crippen LogP contribution in [-0.4, -0.2) is 15.0 Å². The first kappa shape index (κ1) is 12.2. The van der Waals surface area contributed by atoms with E-state index < -0.39 is 0 Å². The van der Waals surface area contributed by atoms with Crippen molar-refractivity contribution in [2.45, 2.75) is 51.9 Å². The van der Waals surface area contributed by atoms with Crippen LogP contribution >= 0.6 is 0 Å². The SMILES string of the molecule is Cc1cnc2nc(CC34CC5CC(CC(C5)C3)C4)[nH]c2c1. The number of hydrogen-bond donors (Lipinski definition) is 1. The van der Waals surface area contributed by atoms with Gasteiger partial charge in [0.15, 0.2) is 5.65 Å². The van der Waals surface area contributed by atoms with Crippen molar-refractivity contribution in [1.82, 2.24) is 15.0 Å². The summed E-state index contributed by atoms with van der Waals surface area (Å²) in [6.45, 7) is 2.09. The molecule has 0 amide bonds. The summed E-state index contributed by atoms with van der Waals surface area (Å²) < 4.78 is 0. The summed E-state index contributed by atoms with van der Waals surface area (Å²) in [4.78, 5) is 12.8. The van der Waals surface area contributed by atoms with Crippen LogP contribution in [0.3, 0.4) is 0 Å². The van der Waals surface area contributed by atoms with Crippen LogP contribution in [0, 0.1) is 30.1 Å². The number of nitrogens with zero attached hydrogens (tertiary/aromatic N) is 2. The molecule has 2 aromatic heterocycles. The molecule has 0 saturated heterocycles. The Morgan fingerprint density at radius 1 is 1.14 bits per heavy atom. The zero-order chi connectivity index (χ0) is 14.0. The third kappa shape index (κ3) is 1.93. The maximum Gasteiger partial charge on any atom is 0.177 e. The van der Waals surface area contributed by atoms with E-state index in [9.17, 15) is 0 Å². The Hall–Kier alpha value is -1.38. The minimum absolute atomic E-state index is 0.553. The summed E-state index contributed by atoms with van der Waals surface area (Å²) in [6, 6.07) is 2.17. The third-order valence-corrected chi connectivity index (χ3v) is 6.23. The molecule has 4 bridgehead atoms. The highest BCUT2D eigenvalue weighted by Gasteiger charge is 2.50. The average molecular weight is 281 g/mol. The van der Waals surface area contributed by atoms with Gasteiger partial charge in [-0.1, -0.05) is 0 Å². The second kappa shape index (κ2) is 4.08. The maximum absolute atomic E-state index is 4.76. The Morgan fingerprint density at radius 3 is 2.48 bits per heavy atom. The number of hydrogen-bond acceptors (Lipinski definition) is 2. The number of rotatable bonds is 2. The normalized spacial score (nSPS) is 37.5. The Morgan fingerprint density at radius 2 is 1.81 bits per heavy atom. The van der Waals surface area contributed by atoms with Crippen LogP contribution in [0.5, 0.6) is 0 Å². The van der Waals surface area contributed by atoms with Crippen LogP contribution < -0.4 is 0 Å². The molecule has 0 radical (unpaired) electrons. The molecular weight excluding hydrogens is 258 g/mol. The van der Waals surface area contributed by atoms with Gasteiger partial charge in [0.25, 0.3) is 0 Å². The summed E-state index contributed by atoms with van der Waals surface area (Å²) in [5.74, 6) is 4.22. The fraction of sp³-hybridized carbons (Fsp3) is 0.667. The predicted molar refractivity (Wildman–Crippen MR) is 82.9 cm³/mol. The number of aryl methyl sites for hydroxylation is 1. The van der Waals surface area contributed by atoms with Crippen LogP contribution in [-0.2, 0) is 6.42 Å². The second-order valence-electron chi connectivity index (χ2n) is 8.16. The van der Waals surface area contributed by atoms with Crippen LogP contribution in [0.4, 0.5) is 0 Å². The van der Waals surface area contributed by atoms with Crippen molar-refractivity contribution in [3.63, 3.8) is 0 Å². The van der Waals surface area contributed by atoms with E-state index in [1.54, 1.807) is 0 Å². The largest absolute Gasteiger partial charge is 0.341 e. The fourth-order valence-electron chi connectivity index (χ4n) is 6.00. The van der Waals surface area contributed by atoms with Crippen molar-refractivity contribution in [3.05, 3.63) is 23.7 Å². The van der Waals surface area contributed by atoms with Gasteiger partial charge in [0, 0.05) is 12.6 Å². The average Bonchev–Trinajstić information content (AvgIpc) is 2.77. The Kier molecular flexibility index (Phi) is 2.37. The minimum Gasteiger partial charge on any atom is -0.341 e. The van der Waals surface area contributed by atoms with Crippen LogP contribution in [0.2, 0.25) is 0 Å². The molecule has 0 spiro atoms. The Bertz CT molecular complexity index is 664. The predicted octanol–water partition coefficient (Wildman–Crippen LogP) is 4.03. The number of fused-ring (bicyclic) bond motifs is 1. The van der Waals surface area contributed by atoms with Crippen LogP contribution in [0.1, 0.15) is 49.9 Å². The summed E-state index contributed by atoms with van der Waals surface area (Å²) in [5, 5.41) is 0. The number of nitrogens with one attached hydrogen (secondary N) is 1. The lowest BCUT2D eigenvalue weighted by atomic mass is 9.49. The van der Waals surface area contributed by atoms with Crippen molar-refractivity contribution in [2.24, 2.45) is 23.2 Å². The van der Waals surface area contributed by atoms with Crippen molar-refractivity contribution >= 4 is 11.2 Å². The first-order valence-corrected chi connectivity index (χ1v) is 8.49. The lowest BCUT2D eigenvalue weighted by molar-refractivity contribution is -0.0530. The van der Waals surface area contributed by atoms with E-state index in [0.717, 1.165) is 35.3 Å². The number of aromatic nitrogens is 3. The molecule has 0 atom stereocenters. The van der Waals surface area contributed by atoms with Gasteiger partial charge < -0.3 is 4.98 Å². The molecule has 110 valence electrons. The van der Waals surface area contributed by atoms with Gasteiger partial charge in [-0.25, -0.2) is 9.97 Å². The summed E-state index contributed by atoms with van der Waals surface area (Å²) in [5.41, 5.74) is 3.75. The molecule has 0 unspecified atom stereocenters. The first-order chi connectivity index (χ1) is 10.2.